The van der Waals surface area contributed by atoms with Gasteiger partial charge in [0.25, 0.3) is 0 Å². The second-order valence-electron chi connectivity index (χ2n) is 2.85. The molecule has 0 bridgehead atoms. The zero-order chi connectivity index (χ0) is 8.48. The zero-order valence-electron chi connectivity index (χ0n) is 6.85. The van der Waals surface area contributed by atoms with E-state index in [2.05, 4.69) is 4.74 Å². The lowest BCUT2D eigenvalue weighted by atomic mass is 10.00. The first-order valence-electron chi connectivity index (χ1n) is 3.79. The van der Waals surface area contributed by atoms with E-state index in [1.807, 2.05) is 0 Å². The minimum atomic E-state index is -0.733. The summed E-state index contributed by atoms with van der Waals surface area (Å²) in [5.41, 5.74) is -0.733. The van der Waals surface area contributed by atoms with Crippen LogP contribution < -0.4 is 0 Å². The van der Waals surface area contributed by atoms with Crippen molar-refractivity contribution in [3.05, 3.63) is 0 Å². The highest BCUT2D eigenvalue weighted by Gasteiger charge is 2.56. The van der Waals surface area contributed by atoms with Crippen molar-refractivity contribution in [3.63, 3.8) is 0 Å². The van der Waals surface area contributed by atoms with Gasteiger partial charge >= 0.3 is 5.97 Å². The van der Waals surface area contributed by atoms with Crippen LogP contribution in [0.2, 0.25) is 0 Å². The van der Waals surface area contributed by atoms with E-state index in [-0.39, 0.29) is 11.8 Å². The van der Waals surface area contributed by atoms with E-state index in [0.29, 0.717) is 19.3 Å². The normalized spacial score (nSPS) is 19.1. The lowest BCUT2D eigenvalue weighted by Crippen LogP contribution is -2.26. The molecule has 1 saturated carbocycles. The van der Waals surface area contributed by atoms with Crippen molar-refractivity contribution in [2.45, 2.75) is 26.2 Å². The van der Waals surface area contributed by atoms with E-state index < -0.39 is 5.41 Å². The van der Waals surface area contributed by atoms with Gasteiger partial charge in [-0.05, 0) is 12.8 Å². The summed E-state index contributed by atoms with van der Waals surface area (Å²) in [6, 6.07) is 0. The van der Waals surface area contributed by atoms with Crippen molar-refractivity contribution in [1.82, 2.24) is 0 Å². The molecule has 1 aliphatic carbocycles. The standard InChI is InChI=1S/C8H12O3/c1-3-6(9)8(4-5-8)7(10)11-2/h3-5H2,1-2H3. The highest BCUT2D eigenvalue weighted by molar-refractivity contribution is 6.06. The van der Waals surface area contributed by atoms with Crippen LogP contribution in [0.1, 0.15) is 26.2 Å². The van der Waals surface area contributed by atoms with Gasteiger partial charge in [0.2, 0.25) is 0 Å². The van der Waals surface area contributed by atoms with E-state index in [0.717, 1.165) is 0 Å². The first-order chi connectivity index (χ1) is 5.17. The van der Waals surface area contributed by atoms with E-state index >= 15 is 0 Å². The fourth-order valence-electron chi connectivity index (χ4n) is 1.26. The quantitative estimate of drug-likeness (QED) is 0.450. The lowest BCUT2D eigenvalue weighted by Gasteiger charge is -2.08. The van der Waals surface area contributed by atoms with Crippen LogP contribution in [0.4, 0.5) is 0 Å². The Labute approximate surface area is 65.7 Å². The number of methoxy groups -OCH3 is 1. The number of hydrogen-bond acceptors (Lipinski definition) is 3. The molecule has 1 fully saturated rings. The molecular weight excluding hydrogens is 144 g/mol. The van der Waals surface area contributed by atoms with E-state index in [1.165, 1.54) is 7.11 Å². The predicted octanol–water partition coefficient (Wildman–Crippen LogP) is 0.919. The SMILES string of the molecule is CCC(=O)C1(C(=O)OC)CC1. The Kier molecular flexibility index (Phi) is 1.98. The van der Waals surface area contributed by atoms with Crippen LogP contribution in [0.3, 0.4) is 0 Å². The average Bonchev–Trinajstić information content (AvgIpc) is 2.82. The summed E-state index contributed by atoms with van der Waals surface area (Å²) in [5.74, 6) is -0.339. The summed E-state index contributed by atoms with van der Waals surface area (Å²) >= 11 is 0. The Bertz CT molecular complexity index is 174. The number of carbonyl (C=O) groups is 2. The molecule has 62 valence electrons. The molecule has 0 aliphatic heterocycles. The maximum Gasteiger partial charge on any atom is 0.319 e. The van der Waals surface area contributed by atoms with Crippen molar-refractivity contribution >= 4 is 11.8 Å². The monoisotopic (exact) mass is 156 g/mol. The number of esters is 1. The van der Waals surface area contributed by atoms with E-state index in [4.69, 9.17) is 0 Å². The minimum Gasteiger partial charge on any atom is -0.468 e. The van der Waals surface area contributed by atoms with Crippen LogP contribution in [-0.2, 0) is 14.3 Å². The van der Waals surface area contributed by atoms with Gasteiger partial charge in [0, 0.05) is 6.42 Å². The van der Waals surface area contributed by atoms with E-state index in [9.17, 15) is 9.59 Å². The molecule has 0 aromatic rings. The van der Waals surface area contributed by atoms with Crippen molar-refractivity contribution < 1.29 is 14.3 Å². The Morgan fingerprint density at radius 1 is 1.45 bits per heavy atom. The van der Waals surface area contributed by atoms with Gasteiger partial charge in [-0.2, -0.15) is 0 Å². The molecule has 0 spiro atoms. The average molecular weight is 156 g/mol. The van der Waals surface area contributed by atoms with Crippen molar-refractivity contribution in [2.75, 3.05) is 7.11 Å². The summed E-state index contributed by atoms with van der Waals surface area (Å²) in [6.07, 6.45) is 1.77. The van der Waals surface area contributed by atoms with Crippen LogP contribution in [0, 0.1) is 5.41 Å². The smallest absolute Gasteiger partial charge is 0.319 e. The molecule has 0 atom stereocenters. The van der Waals surface area contributed by atoms with Gasteiger partial charge < -0.3 is 4.74 Å². The summed E-state index contributed by atoms with van der Waals surface area (Å²) in [4.78, 5) is 22.2. The molecule has 0 saturated heterocycles. The molecule has 3 heteroatoms. The van der Waals surface area contributed by atoms with Crippen LogP contribution in [0.15, 0.2) is 0 Å². The van der Waals surface area contributed by atoms with Gasteiger partial charge in [-0.25, -0.2) is 0 Å². The summed E-state index contributed by atoms with van der Waals surface area (Å²) < 4.78 is 4.54. The molecule has 3 nitrogen and oxygen atoms in total. The van der Waals surface area contributed by atoms with Crippen LogP contribution >= 0.6 is 0 Å². The number of ether oxygens (including phenoxy) is 1. The van der Waals surface area contributed by atoms with Gasteiger partial charge in [0.1, 0.15) is 11.2 Å². The summed E-state index contributed by atoms with van der Waals surface area (Å²) in [5, 5.41) is 0. The van der Waals surface area contributed by atoms with Crippen molar-refractivity contribution in [1.29, 1.82) is 0 Å². The maximum atomic E-state index is 11.2. The second kappa shape index (κ2) is 2.64. The largest absolute Gasteiger partial charge is 0.468 e. The first-order valence-corrected chi connectivity index (χ1v) is 3.79. The van der Waals surface area contributed by atoms with Crippen LogP contribution in [0.25, 0.3) is 0 Å². The minimum absolute atomic E-state index is 0.0179. The second-order valence-corrected chi connectivity index (χ2v) is 2.85. The fourth-order valence-corrected chi connectivity index (χ4v) is 1.26. The molecule has 0 N–H and O–H groups in total. The fraction of sp³-hybridized carbons (Fsp3) is 0.750. The van der Waals surface area contributed by atoms with E-state index in [1.54, 1.807) is 6.92 Å². The Morgan fingerprint density at radius 3 is 2.27 bits per heavy atom. The molecule has 1 rings (SSSR count). The van der Waals surface area contributed by atoms with Gasteiger partial charge in [-0.3, -0.25) is 9.59 Å². The molecule has 0 heterocycles. The number of rotatable bonds is 3. The number of Topliss-reactive ketones (excluding diaryl/α,β-unsaturated/α-hetero) is 1. The molecule has 0 aromatic heterocycles. The van der Waals surface area contributed by atoms with Crippen molar-refractivity contribution in [2.24, 2.45) is 5.41 Å². The summed E-state index contributed by atoms with van der Waals surface area (Å²) in [6.45, 7) is 1.77. The number of carbonyl (C=O) groups excluding carboxylic acids is 2. The molecule has 1 aliphatic rings. The third-order valence-corrected chi connectivity index (χ3v) is 2.18. The van der Waals surface area contributed by atoms with Crippen LogP contribution in [-0.4, -0.2) is 18.9 Å². The van der Waals surface area contributed by atoms with Crippen LogP contribution in [0.5, 0.6) is 0 Å². The highest BCUT2D eigenvalue weighted by atomic mass is 16.5. The lowest BCUT2D eigenvalue weighted by molar-refractivity contribution is -0.151. The molecular formula is C8H12O3. The Balaban J connectivity index is 2.67. The first kappa shape index (κ1) is 8.24. The number of ketones is 1. The number of hydrogen-bond donors (Lipinski definition) is 0. The molecule has 0 amide bonds. The molecule has 0 unspecified atom stereocenters. The third kappa shape index (κ3) is 1.15. The predicted molar refractivity (Wildman–Crippen MR) is 39.0 cm³/mol. The maximum absolute atomic E-state index is 11.2. The Morgan fingerprint density at radius 2 is 2.00 bits per heavy atom. The van der Waals surface area contributed by atoms with Gasteiger partial charge in [-0.1, -0.05) is 6.92 Å². The van der Waals surface area contributed by atoms with Crippen molar-refractivity contribution in [3.8, 4) is 0 Å². The third-order valence-electron chi connectivity index (χ3n) is 2.18. The molecule has 0 aromatic carbocycles. The van der Waals surface area contributed by atoms with Gasteiger partial charge in [-0.15, -0.1) is 0 Å². The highest BCUT2D eigenvalue weighted by Crippen LogP contribution is 2.48. The summed E-state index contributed by atoms with van der Waals surface area (Å²) in [7, 11) is 1.32. The Hall–Kier alpha value is -0.860. The van der Waals surface area contributed by atoms with Gasteiger partial charge in [0.15, 0.2) is 0 Å². The zero-order valence-corrected chi connectivity index (χ0v) is 6.85. The molecule has 11 heavy (non-hydrogen) atoms. The molecule has 0 radical (unpaired) electrons. The van der Waals surface area contributed by atoms with Gasteiger partial charge in [0.05, 0.1) is 7.11 Å². The topological polar surface area (TPSA) is 43.4 Å².